The highest BCUT2D eigenvalue weighted by Crippen LogP contribution is 2.29. The molecule has 1 aromatic heterocycles. The number of pyridine rings is 1. The molecule has 0 bridgehead atoms. The molecule has 1 amide bonds. The number of hydrogen-bond donors (Lipinski definition) is 2. The van der Waals surface area contributed by atoms with E-state index in [9.17, 15) is 14.4 Å². The van der Waals surface area contributed by atoms with Crippen LogP contribution in [0.15, 0.2) is 30.3 Å². The summed E-state index contributed by atoms with van der Waals surface area (Å²) in [6, 6.07) is 8.58. The highest BCUT2D eigenvalue weighted by Gasteiger charge is 2.29. The maximum atomic E-state index is 13.2. The van der Waals surface area contributed by atoms with E-state index in [-0.39, 0.29) is 35.9 Å². The normalized spacial score (nSPS) is 13.9. The van der Waals surface area contributed by atoms with Gasteiger partial charge in [0.15, 0.2) is 5.78 Å². The monoisotopic (exact) mass is 478 g/mol. The van der Waals surface area contributed by atoms with Gasteiger partial charge in [0.2, 0.25) is 5.91 Å². The minimum Gasteiger partial charge on any atom is -0.467 e. The summed E-state index contributed by atoms with van der Waals surface area (Å²) >= 11 is 0. The van der Waals surface area contributed by atoms with Crippen molar-refractivity contribution in [3.05, 3.63) is 64.0 Å². The molecule has 0 spiro atoms. The van der Waals surface area contributed by atoms with E-state index in [0.29, 0.717) is 17.8 Å². The van der Waals surface area contributed by atoms with Gasteiger partial charge < -0.3 is 15.0 Å². The first kappa shape index (κ1) is 26.1. The number of aromatic nitrogens is 1. The van der Waals surface area contributed by atoms with Crippen molar-refractivity contribution < 1.29 is 19.1 Å². The van der Waals surface area contributed by atoms with E-state index in [0.717, 1.165) is 28.8 Å². The minimum atomic E-state index is -0.816. The number of nitrogens with one attached hydrogen (secondary N) is 2. The Hall–Kier alpha value is -3.55. The molecule has 0 saturated heterocycles. The number of benzene rings is 1. The summed E-state index contributed by atoms with van der Waals surface area (Å²) in [7, 11) is 1.29. The van der Waals surface area contributed by atoms with Gasteiger partial charge in [-0.1, -0.05) is 45.9 Å². The van der Waals surface area contributed by atoms with Gasteiger partial charge in [-0.2, -0.15) is 0 Å². The second-order valence-electron chi connectivity index (χ2n) is 9.89. The third-order valence-corrected chi connectivity index (χ3v) is 6.16. The standard InChI is InChI=1S/C27H34N4O4/c1-7-20-11-10-19-14-31(25(28)24(19)30-20)15-23(33)18-9-8-17(21(12-18)27(3,4)5)13-22(26(34)35-6)29-16(2)32/h8-12,22,28H,7,13-15H2,1-6H3,(H,29,32). The summed E-state index contributed by atoms with van der Waals surface area (Å²) < 4.78 is 4.86. The Balaban J connectivity index is 1.84. The molecule has 2 heterocycles. The largest absolute Gasteiger partial charge is 0.467 e. The number of ketones is 1. The first-order valence-corrected chi connectivity index (χ1v) is 11.8. The lowest BCUT2D eigenvalue weighted by Crippen LogP contribution is -2.42. The van der Waals surface area contributed by atoms with Crippen LogP contribution in [0, 0.1) is 5.41 Å². The smallest absolute Gasteiger partial charge is 0.328 e. The zero-order valence-corrected chi connectivity index (χ0v) is 21.3. The quantitative estimate of drug-likeness (QED) is 0.445. The fourth-order valence-corrected chi connectivity index (χ4v) is 4.32. The minimum absolute atomic E-state index is 0.0796. The highest BCUT2D eigenvalue weighted by atomic mass is 16.5. The van der Waals surface area contributed by atoms with Gasteiger partial charge >= 0.3 is 5.97 Å². The van der Waals surface area contributed by atoms with Crippen LogP contribution in [0.1, 0.15) is 73.1 Å². The van der Waals surface area contributed by atoms with Gasteiger partial charge in [-0.15, -0.1) is 0 Å². The fourth-order valence-electron chi connectivity index (χ4n) is 4.32. The predicted octanol–water partition coefficient (Wildman–Crippen LogP) is 3.19. The van der Waals surface area contributed by atoms with Crippen LogP contribution in [0.4, 0.5) is 0 Å². The second-order valence-corrected chi connectivity index (χ2v) is 9.89. The summed E-state index contributed by atoms with van der Waals surface area (Å²) in [5.74, 6) is -0.666. The average Bonchev–Trinajstić information content (AvgIpc) is 3.11. The van der Waals surface area contributed by atoms with Crippen molar-refractivity contribution >= 4 is 23.5 Å². The number of fused-ring (bicyclic) bond motifs is 1. The zero-order valence-electron chi connectivity index (χ0n) is 21.3. The molecule has 2 N–H and O–H groups in total. The van der Waals surface area contributed by atoms with Crippen molar-refractivity contribution in [2.75, 3.05) is 13.7 Å². The number of amidine groups is 1. The number of hydrogen-bond acceptors (Lipinski definition) is 6. The predicted molar refractivity (Wildman–Crippen MR) is 134 cm³/mol. The summed E-state index contributed by atoms with van der Waals surface area (Å²) in [5, 5.41) is 11.2. The molecule has 3 rings (SSSR count). The van der Waals surface area contributed by atoms with Crippen molar-refractivity contribution in [3.8, 4) is 0 Å². The van der Waals surface area contributed by atoms with E-state index >= 15 is 0 Å². The molecule has 2 aromatic rings. The lowest BCUT2D eigenvalue weighted by Gasteiger charge is -2.26. The second kappa shape index (κ2) is 10.4. The van der Waals surface area contributed by atoms with Crippen LogP contribution in [-0.4, -0.2) is 53.1 Å². The van der Waals surface area contributed by atoms with E-state index < -0.39 is 12.0 Å². The molecule has 0 saturated carbocycles. The summed E-state index contributed by atoms with van der Waals surface area (Å²) in [5.41, 5.74) is 4.54. The SMILES string of the molecule is CCc1ccc2c(n1)C(=N)N(CC(=O)c1ccc(CC(NC(C)=O)C(=O)OC)c(C(C)(C)C)c1)C2. The van der Waals surface area contributed by atoms with Gasteiger partial charge in [0.05, 0.1) is 13.7 Å². The number of nitrogens with zero attached hydrogens (tertiary/aromatic N) is 2. The highest BCUT2D eigenvalue weighted by molar-refractivity contribution is 6.04. The van der Waals surface area contributed by atoms with Crippen LogP contribution in [0.5, 0.6) is 0 Å². The number of carbonyl (C=O) groups excluding carboxylic acids is 3. The van der Waals surface area contributed by atoms with Crippen LogP contribution in [-0.2, 0) is 39.1 Å². The molecule has 8 heteroatoms. The average molecular weight is 479 g/mol. The molecule has 186 valence electrons. The summed E-state index contributed by atoms with van der Waals surface area (Å²) in [6.07, 6.45) is 1.05. The molecule has 1 unspecified atom stereocenters. The van der Waals surface area contributed by atoms with Crippen LogP contribution in [0.25, 0.3) is 0 Å². The van der Waals surface area contributed by atoms with E-state index in [2.05, 4.69) is 10.3 Å². The van der Waals surface area contributed by atoms with Crippen LogP contribution in [0.2, 0.25) is 0 Å². The van der Waals surface area contributed by atoms with Gasteiger partial charge in [0.25, 0.3) is 0 Å². The molecular formula is C27H34N4O4. The first-order chi connectivity index (χ1) is 16.4. The number of methoxy groups -OCH3 is 1. The molecule has 0 aliphatic carbocycles. The molecule has 1 aliphatic heterocycles. The number of esters is 1. The number of amides is 1. The van der Waals surface area contributed by atoms with Crippen molar-refractivity contribution in [3.63, 3.8) is 0 Å². The van der Waals surface area contributed by atoms with Crippen LogP contribution >= 0.6 is 0 Å². The Bertz CT molecular complexity index is 1170. The Morgan fingerprint density at radius 3 is 2.51 bits per heavy atom. The number of Topliss-reactive ketones (excluding diaryl/α,β-unsaturated/α-hetero) is 1. The summed E-state index contributed by atoms with van der Waals surface area (Å²) in [4.78, 5) is 43.4. The molecule has 0 radical (unpaired) electrons. The van der Waals surface area contributed by atoms with Gasteiger partial charge in [-0.25, -0.2) is 9.78 Å². The first-order valence-electron chi connectivity index (χ1n) is 11.8. The lowest BCUT2D eigenvalue weighted by atomic mass is 9.81. The maximum Gasteiger partial charge on any atom is 0.328 e. The van der Waals surface area contributed by atoms with Crippen LogP contribution < -0.4 is 5.32 Å². The third-order valence-electron chi connectivity index (χ3n) is 6.16. The van der Waals surface area contributed by atoms with Crippen molar-refractivity contribution in [1.29, 1.82) is 5.41 Å². The Labute approximate surface area is 206 Å². The third kappa shape index (κ3) is 5.93. The number of ether oxygens (including phenoxy) is 1. The zero-order chi connectivity index (χ0) is 25.9. The van der Waals surface area contributed by atoms with E-state index in [1.807, 2.05) is 52.0 Å². The van der Waals surface area contributed by atoms with Crippen molar-refractivity contribution in [2.45, 2.75) is 65.5 Å². The Kier molecular flexibility index (Phi) is 7.73. The molecule has 1 aliphatic rings. The molecule has 1 aromatic carbocycles. The lowest BCUT2D eigenvalue weighted by molar-refractivity contribution is -0.144. The Morgan fingerprint density at radius 2 is 1.91 bits per heavy atom. The van der Waals surface area contributed by atoms with Gasteiger partial charge in [-0.3, -0.25) is 15.0 Å². The Morgan fingerprint density at radius 1 is 1.20 bits per heavy atom. The number of carbonyl (C=O) groups is 3. The van der Waals surface area contributed by atoms with E-state index in [1.165, 1.54) is 14.0 Å². The van der Waals surface area contributed by atoms with E-state index in [1.54, 1.807) is 11.0 Å². The summed E-state index contributed by atoms with van der Waals surface area (Å²) in [6.45, 7) is 10.1. The van der Waals surface area contributed by atoms with E-state index in [4.69, 9.17) is 10.1 Å². The fraction of sp³-hybridized carbons (Fsp3) is 0.444. The van der Waals surface area contributed by atoms with Gasteiger partial charge in [-0.05, 0) is 35.1 Å². The molecule has 8 nitrogen and oxygen atoms in total. The van der Waals surface area contributed by atoms with Crippen LogP contribution in [0.3, 0.4) is 0 Å². The molecule has 35 heavy (non-hydrogen) atoms. The van der Waals surface area contributed by atoms with Crippen molar-refractivity contribution in [2.24, 2.45) is 0 Å². The number of aryl methyl sites for hydroxylation is 1. The van der Waals surface area contributed by atoms with Gasteiger partial charge in [0, 0.05) is 36.7 Å². The molecule has 0 fully saturated rings. The molecular weight excluding hydrogens is 444 g/mol. The number of rotatable bonds is 8. The molecule has 1 atom stereocenters. The topological polar surface area (TPSA) is 112 Å². The maximum absolute atomic E-state index is 13.2. The van der Waals surface area contributed by atoms with Gasteiger partial charge in [0.1, 0.15) is 17.6 Å². The van der Waals surface area contributed by atoms with Crippen molar-refractivity contribution in [1.82, 2.24) is 15.2 Å².